The van der Waals surface area contributed by atoms with Crippen LogP contribution in [-0.2, 0) is 0 Å². The van der Waals surface area contributed by atoms with Crippen LogP contribution in [0.15, 0.2) is 24.3 Å². The van der Waals surface area contributed by atoms with E-state index in [0.717, 1.165) is 17.4 Å². The molecular weight excluding hydrogens is 182 g/mol. The zero-order chi connectivity index (χ0) is 9.61. The summed E-state index contributed by atoms with van der Waals surface area (Å²) in [5.74, 6) is 0. The highest BCUT2D eigenvalue weighted by Gasteiger charge is 2.12. The summed E-state index contributed by atoms with van der Waals surface area (Å²) in [7, 11) is 4.50. The number of hydrogen-bond acceptors (Lipinski definition) is 0. The minimum absolute atomic E-state index is 0. The van der Waals surface area contributed by atoms with Crippen LogP contribution < -0.4 is 12.4 Å². The minimum Gasteiger partial charge on any atom is -1.00 e. The molecule has 0 atom stereocenters. The van der Waals surface area contributed by atoms with Gasteiger partial charge in [0.1, 0.15) is 0 Å². The third-order valence-corrected chi connectivity index (χ3v) is 1.83. The molecule has 0 aliphatic rings. The first-order valence-electron chi connectivity index (χ1n) is 4.55. The second kappa shape index (κ2) is 7.16. The van der Waals surface area contributed by atoms with E-state index in [1.807, 2.05) is 0 Å². The number of hydrogen-bond donors (Lipinski definition) is 0. The first-order chi connectivity index (χ1) is 5.48. The van der Waals surface area contributed by atoms with Gasteiger partial charge in [-0.15, -0.1) is 0 Å². The van der Waals surface area contributed by atoms with Crippen LogP contribution in [0.5, 0.6) is 0 Å². The molecule has 2 heteroatoms. The molecule has 0 bridgehead atoms. The molecule has 0 unspecified atom stereocenters. The SMILES string of the molecule is C=C(C)C[N+](C)(C)CCC=CC.[Cl-]. The van der Waals surface area contributed by atoms with E-state index in [1.165, 1.54) is 12.1 Å². The van der Waals surface area contributed by atoms with Gasteiger partial charge in [-0.3, -0.25) is 0 Å². The van der Waals surface area contributed by atoms with Crippen LogP contribution in [0.2, 0.25) is 0 Å². The van der Waals surface area contributed by atoms with Crippen molar-refractivity contribution in [1.82, 2.24) is 0 Å². The van der Waals surface area contributed by atoms with Crippen LogP contribution in [-0.4, -0.2) is 31.7 Å². The second-order valence-corrected chi connectivity index (χ2v) is 4.13. The Hall–Kier alpha value is -0.270. The van der Waals surface area contributed by atoms with Crippen molar-refractivity contribution in [3.8, 4) is 0 Å². The topological polar surface area (TPSA) is 0 Å². The lowest BCUT2D eigenvalue weighted by Gasteiger charge is -2.29. The summed E-state index contributed by atoms with van der Waals surface area (Å²) in [6.45, 7) is 10.4. The number of rotatable bonds is 5. The molecule has 0 aliphatic heterocycles. The van der Waals surface area contributed by atoms with Gasteiger partial charge in [0.15, 0.2) is 0 Å². The van der Waals surface area contributed by atoms with Crippen LogP contribution in [0.25, 0.3) is 0 Å². The molecule has 0 aromatic rings. The largest absolute Gasteiger partial charge is 1.00 e. The molecule has 0 spiro atoms. The van der Waals surface area contributed by atoms with Crippen LogP contribution >= 0.6 is 0 Å². The van der Waals surface area contributed by atoms with Crippen molar-refractivity contribution in [2.45, 2.75) is 20.3 Å². The average molecular weight is 204 g/mol. The number of likely N-dealkylation sites (N-methyl/N-ethyl adjacent to an activating group) is 1. The zero-order valence-corrected chi connectivity index (χ0v) is 10.1. The summed E-state index contributed by atoms with van der Waals surface area (Å²) >= 11 is 0. The third-order valence-electron chi connectivity index (χ3n) is 1.83. The highest BCUT2D eigenvalue weighted by Crippen LogP contribution is 2.04. The summed E-state index contributed by atoms with van der Waals surface area (Å²) in [5.41, 5.74) is 1.26. The van der Waals surface area contributed by atoms with E-state index in [-0.39, 0.29) is 12.4 Å². The Balaban J connectivity index is 0. The first-order valence-corrected chi connectivity index (χ1v) is 4.55. The summed E-state index contributed by atoms with van der Waals surface area (Å²) in [4.78, 5) is 0. The molecule has 0 aromatic carbocycles. The molecule has 0 saturated heterocycles. The molecule has 0 rings (SSSR count). The maximum atomic E-state index is 3.93. The number of nitrogens with zero attached hydrogens (tertiary/aromatic N) is 1. The monoisotopic (exact) mass is 203 g/mol. The van der Waals surface area contributed by atoms with Crippen molar-refractivity contribution in [2.75, 3.05) is 27.2 Å². The van der Waals surface area contributed by atoms with Crippen molar-refractivity contribution >= 4 is 0 Å². The van der Waals surface area contributed by atoms with E-state index in [4.69, 9.17) is 0 Å². The summed E-state index contributed by atoms with van der Waals surface area (Å²) < 4.78 is 1.04. The molecule has 1 nitrogen and oxygen atoms in total. The van der Waals surface area contributed by atoms with Gasteiger partial charge in [-0.05, 0) is 19.4 Å². The Bertz CT molecular complexity index is 171. The standard InChI is InChI=1S/C11H22N.ClH/c1-6-7-8-9-12(4,5)10-11(2)3;/h6-7H,2,8-10H2,1,3-5H3;1H/q+1;/p-1. The van der Waals surface area contributed by atoms with Crippen molar-refractivity contribution in [3.05, 3.63) is 24.3 Å². The molecule has 0 heterocycles. The predicted molar refractivity (Wildman–Crippen MR) is 56.1 cm³/mol. The molecule has 0 aliphatic carbocycles. The van der Waals surface area contributed by atoms with E-state index >= 15 is 0 Å². The minimum atomic E-state index is 0. The highest BCUT2D eigenvalue weighted by molar-refractivity contribution is 4.87. The third kappa shape index (κ3) is 9.65. The van der Waals surface area contributed by atoms with Crippen molar-refractivity contribution < 1.29 is 16.9 Å². The summed E-state index contributed by atoms with van der Waals surface area (Å²) in [5, 5.41) is 0. The molecule has 0 saturated carbocycles. The van der Waals surface area contributed by atoms with E-state index in [2.05, 4.69) is 46.7 Å². The molecule has 13 heavy (non-hydrogen) atoms. The molecule has 0 fully saturated rings. The van der Waals surface area contributed by atoms with Crippen LogP contribution in [0.4, 0.5) is 0 Å². The van der Waals surface area contributed by atoms with Crippen LogP contribution in [0.1, 0.15) is 20.3 Å². The molecular formula is C11H22ClN. The fraction of sp³-hybridized carbons (Fsp3) is 0.636. The Morgan fingerprint density at radius 1 is 1.38 bits per heavy atom. The van der Waals surface area contributed by atoms with Gasteiger partial charge < -0.3 is 16.9 Å². The van der Waals surface area contributed by atoms with Gasteiger partial charge in [-0.25, -0.2) is 0 Å². The first kappa shape index (κ1) is 15.2. The van der Waals surface area contributed by atoms with E-state index in [0.29, 0.717) is 0 Å². The summed E-state index contributed by atoms with van der Waals surface area (Å²) in [6, 6.07) is 0. The van der Waals surface area contributed by atoms with Gasteiger partial charge in [-0.1, -0.05) is 18.7 Å². The van der Waals surface area contributed by atoms with Crippen molar-refractivity contribution in [2.24, 2.45) is 0 Å². The maximum absolute atomic E-state index is 3.93. The fourth-order valence-corrected chi connectivity index (χ4v) is 1.40. The van der Waals surface area contributed by atoms with Gasteiger partial charge in [0, 0.05) is 6.42 Å². The molecule has 78 valence electrons. The second-order valence-electron chi connectivity index (χ2n) is 4.13. The fourth-order valence-electron chi connectivity index (χ4n) is 1.40. The number of allylic oxidation sites excluding steroid dienone is 1. The number of quaternary nitrogens is 1. The Kier molecular flexibility index (Phi) is 8.38. The Morgan fingerprint density at radius 3 is 2.31 bits per heavy atom. The molecule has 0 amide bonds. The van der Waals surface area contributed by atoms with E-state index in [1.54, 1.807) is 0 Å². The number of halogens is 1. The van der Waals surface area contributed by atoms with Gasteiger partial charge in [0.25, 0.3) is 0 Å². The lowest BCUT2D eigenvalue weighted by Crippen LogP contribution is -3.00. The molecule has 0 aromatic heterocycles. The van der Waals surface area contributed by atoms with Gasteiger partial charge in [0.05, 0.1) is 27.2 Å². The van der Waals surface area contributed by atoms with Crippen molar-refractivity contribution in [1.29, 1.82) is 0 Å². The summed E-state index contributed by atoms with van der Waals surface area (Å²) in [6.07, 6.45) is 5.50. The smallest absolute Gasteiger partial charge is 0.0993 e. The van der Waals surface area contributed by atoms with Gasteiger partial charge in [0.2, 0.25) is 0 Å². The maximum Gasteiger partial charge on any atom is 0.0993 e. The average Bonchev–Trinajstić information content (AvgIpc) is 1.84. The lowest BCUT2D eigenvalue weighted by atomic mass is 10.2. The zero-order valence-electron chi connectivity index (χ0n) is 9.31. The quantitative estimate of drug-likeness (QED) is 0.422. The van der Waals surface area contributed by atoms with E-state index < -0.39 is 0 Å². The van der Waals surface area contributed by atoms with Crippen LogP contribution in [0, 0.1) is 0 Å². The lowest BCUT2D eigenvalue weighted by molar-refractivity contribution is -0.885. The Morgan fingerprint density at radius 2 is 1.92 bits per heavy atom. The van der Waals surface area contributed by atoms with Crippen LogP contribution in [0.3, 0.4) is 0 Å². The van der Waals surface area contributed by atoms with E-state index in [9.17, 15) is 0 Å². The predicted octanol–water partition coefficient (Wildman–Crippen LogP) is -0.391. The normalized spacial score (nSPS) is 11.4. The molecule has 0 radical (unpaired) electrons. The Labute approximate surface area is 89.1 Å². The van der Waals surface area contributed by atoms with Gasteiger partial charge in [-0.2, -0.15) is 0 Å². The highest BCUT2D eigenvalue weighted by atomic mass is 35.5. The van der Waals surface area contributed by atoms with Gasteiger partial charge >= 0.3 is 0 Å². The van der Waals surface area contributed by atoms with Crippen molar-refractivity contribution in [3.63, 3.8) is 0 Å². The molecule has 0 N–H and O–H groups in total.